The quantitative estimate of drug-likeness (QED) is 0.850. The van der Waals surface area contributed by atoms with Gasteiger partial charge in [-0.05, 0) is 34.1 Å². The number of benzene rings is 2. The smallest absolute Gasteiger partial charge is 0.279 e. The first-order chi connectivity index (χ1) is 10.1. The van der Waals surface area contributed by atoms with Gasteiger partial charge in [0.1, 0.15) is 12.4 Å². The first kappa shape index (κ1) is 15.7. The lowest BCUT2D eigenvalue weighted by Gasteiger charge is -2.14. The number of amides is 1. The van der Waals surface area contributed by atoms with Gasteiger partial charge in [-0.2, -0.15) is 0 Å². The minimum Gasteiger partial charge on any atom is -0.326 e. The van der Waals surface area contributed by atoms with Gasteiger partial charge in [-0.3, -0.25) is 4.79 Å². The molecule has 0 bridgehead atoms. The lowest BCUT2D eigenvalue weighted by Crippen LogP contribution is -3.08. The number of quaternary nitrogens is 1. The van der Waals surface area contributed by atoms with E-state index in [9.17, 15) is 9.18 Å². The van der Waals surface area contributed by atoms with Crippen LogP contribution in [0.2, 0.25) is 0 Å². The summed E-state index contributed by atoms with van der Waals surface area (Å²) >= 11 is 3.38. The molecule has 1 unspecified atom stereocenters. The molecule has 0 saturated carbocycles. The maximum Gasteiger partial charge on any atom is 0.279 e. The van der Waals surface area contributed by atoms with E-state index >= 15 is 0 Å². The molecular formula is C16H17BrFN2O+. The average Bonchev–Trinajstić information content (AvgIpc) is 2.44. The van der Waals surface area contributed by atoms with Gasteiger partial charge in [0.2, 0.25) is 0 Å². The standard InChI is InChI=1S/C16H16BrFN2O/c1-20(10-12-6-2-4-8-14(12)18)11-16(21)19-15-9-5-3-7-13(15)17/h2-9H,10-11H2,1H3,(H,19,21)/p+1. The highest BCUT2D eigenvalue weighted by molar-refractivity contribution is 9.10. The Bertz CT molecular complexity index is 633. The second-order valence-corrected chi connectivity index (χ2v) is 5.78. The Morgan fingerprint density at radius 3 is 2.57 bits per heavy atom. The second kappa shape index (κ2) is 7.33. The summed E-state index contributed by atoms with van der Waals surface area (Å²) in [5.74, 6) is -0.334. The van der Waals surface area contributed by atoms with Gasteiger partial charge >= 0.3 is 0 Å². The highest BCUT2D eigenvalue weighted by Crippen LogP contribution is 2.20. The molecule has 2 aromatic carbocycles. The normalized spacial score (nSPS) is 12.0. The highest BCUT2D eigenvalue weighted by Gasteiger charge is 2.13. The van der Waals surface area contributed by atoms with Gasteiger partial charge in [-0.15, -0.1) is 0 Å². The number of anilines is 1. The average molecular weight is 352 g/mol. The summed E-state index contributed by atoms with van der Waals surface area (Å²) in [6.07, 6.45) is 0. The summed E-state index contributed by atoms with van der Waals surface area (Å²) in [4.78, 5) is 12.9. The topological polar surface area (TPSA) is 33.5 Å². The lowest BCUT2D eigenvalue weighted by atomic mass is 10.2. The molecule has 5 heteroatoms. The van der Waals surface area contributed by atoms with Crippen molar-refractivity contribution in [2.24, 2.45) is 0 Å². The van der Waals surface area contributed by atoms with Crippen molar-refractivity contribution in [1.29, 1.82) is 0 Å². The number of hydrogen-bond acceptors (Lipinski definition) is 1. The predicted molar refractivity (Wildman–Crippen MR) is 84.6 cm³/mol. The van der Waals surface area contributed by atoms with Crippen molar-refractivity contribution in [2.75, 3.05) is 18.9 Å². The van der Waals surface area contributed by atoms with Crippen LogP contribution in [-0.4, -0.2) is 19.5 Å². The van der Waals surface area contributed by atoms with Crippen LogP contribution < -0.4 is 10.2 Å². The van der Waals surface area contributed by atoms with Gasteiger partial charge in [0.25, 0.3) is 5.91 Å². The van der Waals surface area contributed by atoms with Crippen molar-refractivity contribution < 1.29 is 14.1 Å². The minimum absolute atomic E-state index is 0.101. The molecule has 21 heavy (non-hydrogen) atoms. The number of carbonyl (C=O) groups is 1. The van der Waals surface area contributed by atoms with Gasteiger partial charge in [-0.25, -0.2) is 4.39 Å². The van der Waals surface area contributed by atoms with Crippen LogP contribution >= 0.6 is 15.9 Å². The van der Waals surface area contributed by atoms with E-state index in [0.717, 1.165) is 15.1 Å². The molecule has 0 spiro atoms. The van der Waals surface area contributed by atoms with Crippen LogP contribution in [0.4, 0.5) is 10.1 Å². The number of carbonyl (C=O) groups excluding carboxylic acids is 1. The van der Waals surface area contributed by atoms with Crippen LogP contribution in [0.25, 0.3) is 0 Å². The van der Waals surface area contributed by atoms with E-state index in [0.29, 0.717) is 12.1 Å². The van der Waals surface area contributed by atoms with E-state index in [2.05, 4.69) is 21.2 Å². The molecule has 0 aliphatic heterocycles. The third-order valence-corrected chi connectivity index (χ3v) is 3.75. The Balaban J connectivity index is 1.91. The summed E-state index contributed by atoms with van der Waals surface area (Å²) in [6, 6.07) is 14.1. The molecule has 2 aromatic rings. The van der Waals surface area contributed by atoms with E-state index in [1.54, 1.807) is 18.2 Å². The molecule has 0 saturated heterocycles. The van der Waals surface area contributed by atoms with E-state index in [-0.39, 0.29) is 18.3 Å². The van der Waals surface area contributed by atoms with Gasteiger partial charge in [0.15, 0.2) is 6.54 Å². The SMILES string of the molecule is C[NH+](CC(=O)Nc1ccccc1Br)Cc1ccccc1F. The van der Waals surface area contributed by atoms with Gasteiger partial charge in [0.05, 0.1) is 12.7 Å². The van der Waals surface area contributed by atoms with Crippen molar-refractivity contribution >= 4 is 27.5 Å². The minimum atomic E-state index is -0.233. The molecule has 1 amide bonds. The molecule has 2 N–H and O–H groups in total. The van der Waals surface area contributed by atoms with Crippen LogP contribution in [-0.2, 0) is 11.3 Å². The fraction of sp³-hybridized carbons (Fsp3) is 0.188. The Hall–Kier alpha value is -1.72. The lowest BCUT2D eigenvalue weighted by molar-refractivity contribution is -0.885. The maximum absolute atomic E-state index is 13.6. The van der Waals surface area contributed by atoms with Gasteiger partial charge < -0.3 is 10.2 Å². The molecule has 0 aliphatic carbocycles. The Kier molecular flexibility index (Phi) is 5.47. The number of rotatable bonds is 5. The van der Waals surface area contributed by atoms with Crippen molar-refractivity contribution in [2.45, 2.75) is 6.54 Å². The summed E-state index contributed by atoms with van der Waals surface area (Å²) in [5.41, 5.74) is 1.35. The zero-order valence-electron chi connectivity index (χ0n) is 11.7. The molecule has 0 heterocycles. The Morgan fingerprint density at radius 2 is 1.86 bits per heavy atom. The van der Waals surface area contributed by atoms with Crippen LogP contribution in [0.1, 0.15) is 5.56 Å². The molecule has 0 radical (unpaired) electrons. The summed E-state index contributed by atoms with van der Waals surface area (Å²) in [7, 11) is 1.87. The third kappa shape index (κ3) is 4.65. The zero-order chi connectivity index (χ0) is 15.2. The number of hydrogen-bond donors (Lipinski definition) is 2. The third-order valence-electron chi connectivity index (χ3n) is 3.06. The van der Waals surface area contributed by atoms with E-state index < -0.39 is 0 Å². The molecule has 0 fully saturated rings. The van der Waals surface area contributed by atoms with Crippen LogP contribution in [0.3, 0.4) is 0 Å². The fourth-order valence-corrected chi connectivity index (χ4v) is 2.44. The second-order valence-electron chi connectivity index (χ2n) is 4.93. The molecule has 110 valence electrons. The maximum atomic E-state index is 13.6. The monoisotopic (exact) mass is 351 g/mol. The largest absolute Gasteiger partial charge is 0.326 e. The first-order valence-electron chi connectivity index (χ1n) is 6.65. The summed E-state index contributed by atoms with van der Waals surface area (Å²) in [6.45, 7) is 0.742. The van der Waals surface area contributed by atoms with E-state index in [4.69, 9.17) is 0 Å². The Morgan fingerprint density at radius 1 is 1.19 bits per heavy atom. The van der Waals surface area contributed by atoms with Crippen LogP contribution in [0, 0.1) is 5.82 Å². The van der Waals surface area contributed by atoms with Crippen molar-refractivity contribution in [3.63, 3.8) is 0 Å². The number of nitrogens with one attached hydrogen (secondary N) is 2. The predicted octanol–water partition coefficient (Wildman–Crippen LogP) is 2.24. The Labute approximate surface area is 131 Å². The summed E-state index contributed by atoms with van der Waals surface area (Å²) in [5, 5.41) is 2.84. The van der Waals surface area contributed by atoms with Gasteiger partial charge in [-0.1, -0.05) is 30.3 Å². The number of likely N-dealkylation sites (N-methyl/N-ethyl adjacent to an activating group) is 1. The summed E-state index contributed by atoms with van der Waals surface area (Å²) < 4.78 is 14.4. The van der Waals surface area contributed by atoms with E-state index in [1.807, 2.05) is 31.3 Å². The molecular weight excluding hydrogens is 335 g/mol. The van der Waals surface area contributed by atoms with Crippen molar-refractivity contribution in [3.05, 3.63) is 64.4 Å². The number of para-hydroxylation sites is 1. The fourth-order valence-electron chi connectivity index (χ4n) is 2.06. The zero-order valence-corrected chi connectivity index (χ0v) is 13.3. The molecule has 3 nitrogen and oxygen atoms in total. The molecule has 0 aliphatic rings. The highest BCUT2D eigenvalue weighted by atomic mass is 79.9. The first-order valence-corrected chi connectivity index (χ1v) is 7.44. The molecule has 1 atom stereocenters. The number of halogens is 2. The van der Waals surface area contributed by atoms with E-state index in [1.165, 1.54) is 6.07 Å². The van der Waals surface area contributed by atoms with Crippen LogP contribution in [0.5, 0.6) is 0 Å². The molecule has 0 aromatic heterocycles. The van der Waals surface area contributed by atoms with Gasteiger partial charge in [0, 0.05) is 10.0 Å². The van der Waals surface area contributed by atoms with Crippen molar-refractivity contribution in [1.82, 2.24) is 0 Å². The van der Waals surface area contributed by atoms with Crippen molar-refractivity contribution in [3.8, 4) is 0 Å². The van der Waals surface area contributed by atoms with Crippen LogP contribution in [0.15, 0.2) is 53.0 Å². The molecule has 2 rings (SSSR count).